The highest BCUT2D eigenvalue weighted by atomic mass is 15.2. The SMILES string of the molecule is N#Cc1ccc2c(c1)C1=C(C2)C2(C3=CC=c4cc5c(cc4C=C3C1(c1ccccc1)c1ccccc1)=C1C=CC(c3ccccc3)(c3ccccc3)C=C1C5N(c1ccccc1)c1ccccc1)c1ccccc1-c1ccccc12. The van der Waals surface area contributed by atoms with Crippen LogP contribution in [0.2, 0.25) is 0 Å². The summed E-state index contributed by atoms with van der Waals surface area (Å²) < 4.78 is 0. The van der Waals surface area contributed by atoms with Crippen LogP contribution in [-0.4, -0.2) is 0 Å². The third-order valence-corrected chi connectivity index (χ3v) is 18.4. The number of hydrogen-bond acceptors (Lipinski definition) is 2. The maximum Gasteiger partial charge on any atom is 0.0991 e. The zero-order valence-electron chi connectivity index (χ0n) is 44.0. The van der Waals surface area contributed by atoms with E-state index >= 15 is 0 Å². The highest BCUT2D eigenvalue weighted by Gasteiger charge is 2.61. The van der Waals surface area contributed by atoms with E-state index in [1.54, 1.807) is 0 Å². The molecule has 0 saturated carbocycles. The summed E-state index contributed by atoms with van der Waals surface area (Å²) in [5, 5.41) is 13.1. The summed E-state index contributed by atoms with van der Waals surface area (Å²) in [6, 6.07) is 98.6. The third-order valence-electron chi connectivity index (χ3n) is 18.4. The highest BCUT2D eigenvalue weighted by molar-refractivity contribution is 6.03. The number of hydrogen-bond donors (Lipinski definition) is 0. The van der Waals surface area contributed by atoms with E-state index < -0.39 is 16.2 Å². The van der Waals surface area contributed by atoms with E-state index in [9.17, 15) is 5.26 Å². The van der Waals surface area contributed by atoms with Crippen molar-refractivity contribution in [2.24, 2.45) is 0 Å². The maximum atomic E-state index is 10.7. The first-order valence-corrected chi connectivity index (χ1v) is 28.0. The van der Waals surface area contributed by atoms with Gasteiger partial charge in [-0.05, 0) is 172 Å². The molecule has 16 rings (SSSR count). The molecule has 0 amide bonds. The molecule has 2 heteroatoms. The Morgan fingerprint density at radius 1 is 0.475 bits per heavy atom. The molecule has 1 spiro atoms. The number of nitrogens with zero attached hydrogens (tertiary/aromatic N) is 2. The van der Waals surface area contributed by atoms with Gasteiger partial charge in [0, 0.05) is 11.4 Å². The normalized spacial score (nSPS) is 17.6. The van der Waals surface area contributed by atoms with Crippen LogP contribution < -0.4 is 15.3 Å². The molecule has 0 fully saturated rings. The van der Waals surface area contributed by atoms with Crippen LogP contribution in [0.25, 0.3) is 34.4 Å². The van der Waals surface area contributed by atoms with Gasteiger partial charge in [-0.2, -0.15) is 5.26 Å². The minimum Gasteiger partial charge on any atom is -0.330 e. The van der Waals surface area contributed by atoms with Crippen LogP contribution in [0, 0.1) is 11.3 Å². The topological polar surface area (TPSA) is 27.0 Å². The lowest BCUT2D eigenvalue weighted by atomic mass is 9.49. The predicted molar refractivity (Wildman–Crippen MR) is 326 cm³/mol. The number of benzene rings is 10. The van der Waals surface area contributed by atoms with E-state index in [0.29, 0.717) is 5.56 Å². The van der Waals surface area contributed by atoms with Crippen molar-refractivity contribution >= 4 is 34.7 Å². The van der Waals surface area contributed by atoms with Crippen molar-refractivity contribution in [3.05, 3.63) is 379 Å². The molecule has 1 atom stereocenters. The summed E-state index contributed by atoms with van der Waals surface area (Å²) in [4.78, 5) is 2.57. The van der Waals surface area contributed by atoms with E-state index in [1.807, 2.05) is 6.07 Å². The molecule has 0 aliphatic heterocycles. The van der Waals surface area contributed by atoms with E-state index in [2.05, 4.69) is 302 Å². The number of nitriles is 1. The minimum atomic E-state index is -0.803. The first kappa shape index (κ1) is 46.1. The highest BCUT2D eigenvalue weighted by Crippen LogP contribution is 2.70. The molecule has 374 valence electrons. The average Bonchev–Trinajstić information content (AvgIpc) is 4.15. The molecule has 0 radical (unpaired) electrons. The fourth-order valence-corrected chi connectivity index (χ4v) is 15.2. The van der Waals surface area contributed by atoms with E-state index in [0.717, 1.165) is 23.4 Å². The van der Waals surface area contributed by atoms with Gasteiger partial charge in [0.25, 0.3) is 0 Å². The van der Waals surface area contributed by atoms with Crippen molar-refractivity contribution in [2.45, 2.75) is 28.7 Å². The number of para-hydroxylation sites is 2. The molecule has 0 aromatic heterocycles. The number of rotatable bonds is 7. The van der Waals surface area contributed by atoms with Gasteiger partial charge in [-0.25, -0.2) is 0 Å². The molecule has 0 bridgehead atoms. The van der Waals surface area contributed by atoms with Crippen molar-refractivity contribution in [3.63, 3.8) is 0 Å². The minimum absolute atomic E-state index is 0.185. The molecule has 6 aliphatic rings. The molecule has 2 nitrogen and oxygen atoms in total. The monoisotopic (exact) mass is 1020 g/mol. The first-order chi connectivity index (χ1) is 39.6. The molecule has 0 heterocycles. The Labute approximate surface area is 467 Å². The van der Waals surface area contributed by atoms with Crippen molar-refractivity contribution < 1.29 is 0 Å². The van der Waals surface area contributed by atoms with Gasteiger partial charge in [-0.1, -0.05) is 243 Å². The second kappa shape index (κ2) is 17.7. The van der Waals surface area contributed by atoms with Crippen LogP contribution in [0.15, 0.2) is 307 Å². The maximum absolute atomic E-state index is 10.7. The molecule has 6 aliphatic carbocycles. The second-order valence-corrected chi connectivity index (χ2v) is 22.1. The Kier molecular flexibility index (Phi) is 10.2. The number of anilines is 2. The lowest BCUT2D eigenvalue weighted by Crippen LogP contribution is -2.45. The molecular weight excluding hydrogens is 965 g/mol. The van der Waals surface area contributed by atoms with Gasteiger partial charge in [0.1, 0.15) is 0 Å². The molecule has 10 aromatic rings. The summed E-state index contributed by atoms with van der Waals surface area (Å²) in [6.45, 7) is 0. The summed E-state index contributed by atoms with van der Waals surface area (Å²) in [5.41, 5.74) is 23.4. The molecule has 0 saturated heterocycles. The smallest absolute Gasteiger partial charge is 0.0991 e. The summed E-state index contributed by atoms with van der Waals surface area (Å²) in [6.07, 6.45) is 15.8. The number of fused-ring (bicyclic) bond motifs is 13. The van der Waals surface area contributed by atoms with Crippen LogP contribution in [0.1, 0.15) is 67.2 Å². The lowest BCUT2D eigenvalue weighted by molar-refractivity contribution is 0.640. The van der Waals surface area contributed by atoms with Crippen LogP contribution in [0.5, 0.6) is 0 Å². The molecule has 0 N–H and O–H groups in total. The summed E-state index contributed by atoms with van der Waals surface area (Å²) in [5.74, 6) is 0. The fraction of sp³-hybridized carbons (Fsp3) is 0.0641. The molecule has 1 unspecified atom stereocenters. The quantitative estimate of drug-likeness (QED) is 0.159. The van der Waals surface area contributed by atoms with Crippen molar-refractivity contribution in [1.29, 1.82) is 5.26 Å². The first-order valence-electron chi connectivity index (χ1n) is 28.0. The Morgan fingerprint density at radius 2 is 1.00 bits per heavy atom. The van der Waals surface area contributed by atoms with Crippen molar-refractivity contribution in [2.75, 3.05) is 4.90 Å². The predicted octanol–water partition coefficient (Wildman–Crippen LogP) is 16.2. The summed E-state index contributed by atoms with van der Waals surface area (Å²) in [7, 11) is 0. The zero-order chi connectivity index (χ0) is 53.0. The fourth-order valence-electron chi connectivity index (χ4n) is 15.2. The second-order valence-electron chi connectivity index (χ2n) is 22.1. The Bertz CT molecular complexity index is 4370. The summed E-state index contributed by atoms with van der Waals surface area (Å²) >= 11 is 0. The van der Waals surface area contributed by atoms with Crippen LogP contribution in [0.4, 0.5) is 11.4 Å². The van der Waals surface area contributed by atoms with Gasteiger partial charge >= 0.3 is 0 Å². The van der Waals surface area contributed by atoms with Crippen LogP contribution in [0.3, 0.4) is 0 Å². The van der Waals surface area contributed by atoms with Gasteiger partial charge in [0.15, 0.2) is 0 Å². The van der Waals surface area contributed by atoms with E-state index in [1.165, 1.54) is 105 Å². The van der Waals surface area contributed by atoms with Crippen LogP contribution in [-0.2, 0) is 22.7 Å². The van der Waals surface area contributed by atoms with Gasteiger partial charge in [-0.15, -0.1) is 0 Å². The Morgan fingerprint density at radius 3 is 1.56 bits per heavy atom. The Balaban J connectivity index is 1.05. The molecular formula is C78H52N2. The largest absolute Gasteiger partial charge is 0.330 e. The van der Waals surface area contributed by atoms with Gasteiger partial charge < -0.3 is 4.90 Å². The Hall–Kier alpha value is -10.1. The van der Waals surface area contributed by atoms with E-state index in [4.69, 9.17) is 0 Å². The van der Waals surface area contributed by atoms with Crippen molar-refractivity contribution in [1.82, 2.24) is 0 Å². The number of allylic oxidation sites excluding steroid dienone is 8. The zero-order valence-corrected chi connectivity index (χ0v) is 44.0. The van der Waals surface area contributed by atoms with Gasteiger partial charge in [-0.3, -0.25) is 0 Å². The molecule has 10 aromatic carbocycles. The van der Waals surface area contributed by atoms with E-state index in [-0.39, 0.29) is 6.04 Å². The standard InChI is InChI=1S/C78H52N2/c79-51-52-39-40-54-48-73-74(65(54)45-52)77(58-27-11-3-12-28-58,59-29-13-4-14-30-59)72-49-55-47-66-62-43-44-76(56-23-7-1-8-24-56,57-25-9-2-10-26-57)50-68(62)75(80(60-31-15-5-16-32-60)61-33-17-6-18-34-61)67(66)46-53(55)41-42-71(72)78(73)69-37-21-19-35-63(69)64-36-20-22-38-70(64)78/h1-47,49-50,75H,48H2. The van der Waals surface area contributed by atoms with Gasteiger partial charge in [0.05, 0.1) is 33.9 Å². The lowest BCUT2D eigenvalue weighted by Gasteiger charge is -2.52. The third kappa shape index (κ3) is 6.35. The molecule has 80 heavy (non-hydrogen) atoms. The van der Waals surface area contributed by atoms with Crippen molar-refractivity contribution in [3.8, 4) is 17.2 Å². The van der Waals surface area contributed by atoms with Crippen LogP contribution >= 0.6 is 0 Å². The average molecular weight is 1020 g/mol. The van der Waals surface area contributed by atoms with Gasteiger partial charge in [0.2, 0.25) is 0 Å².